The smallest absolute Gasteiger partial charge is 0.226 e. The maximum Gasteiger partial charge on any atom is 0.226 e. The van der Waals surface area contributed by atoms with E-state index >= 15 is 0 Å². The van der Waals surface area contributed by atoms with Gasteiger partial charge in [0, 0.05) is 27.1 Å². The molecule has 0 unspecified atom stereocenters. The van der Waals surface area contributed by atoms with Gasteiger partial charge in [-0.25, -0.2) is 4.98 Å². The van der Waals surface area contributed by atoms with Crippen LogP contribution in [0.2, 0.25) is 0 Å². The van der Waals surface area contributed by atoms with Crippen LogP contribution in [0.25, 0.3) is 11.2 Å². The van der Waals surface area contributed by atoms with E-state index < -0.39 is 0 Å². The van der Waals surface area contributed by atoms with Gasteiger partial charge in [-0.1, -0.05) is 0 Å². The number of nitrogens with zero attached hydrogens (tertiary/aromatic N) is 3. The summed E-state index contributed by atoms with van der Waals surface area (Å²) in [6, 6.07) is 0. The van der Waals surface area contributed by atoms with E-state index in [1.807, 2.05) is 0 Å². The normalized spacial score (nSPS) is 10.3. The molecule has 2 rings (SSSR count). The fraction of sp³-hybridized carbons (Fsp3) is 0.400. The Hall–Kier alpha value is -2.38. The van der Waals surface area contributed by atoms with Gasteiger partial charge in [-0.15, -0.1) is 0 Å². The molecule has 2 heterocycles. The molecule has 1 amide bonds. The van der Waals surface area contributed by atoms with Gasteiger partial charge >= 0.3 is 0 Å². The zero-order chi connectivity index (χ0) is 13.0. The first-order chi connectivity index (χ1) is 8.74. The predicted octanol–water partition coefficient (Wildman–Crippen LogP) is -0.0574. The molecule has 0 aliphatic heterocycles. The highest BCUT2D eigenvalue weighted by Gasteiger charge is 2.09. The molecule has 0 atom stereocenters. The van der Waals surface area contributed by atoms with Crippen LogP contribution in [0.15, 0.2) is 6.33 Å². The van der Waals surface area contributed by atoms with Crippen LogP contribution < -0.4 is 16.0 Å². The van der Waals surface area contributed by atoms with Crippen molar-refractivity contribution in [2.75, 3.05) is 31.3 Å². The van der Waals surface area contributed by atoms with E-state index in [0.717, 1.165) is 5.52 Å². The molecule has 96 valence electrons. The average molecular weight is 249 g/mol. The van der Waals surface area contributed by atoms with Crippen molar-refractivity contribution < 1.29 is 4.79 Å². The predicted molar refractivity (Wildman–Crippen MR) is 68.4 cm³/mol. The number of aromatic nitrogens is 4. The van der Waals surface area contributed by atoms with E-state index in [9.17, 15) is 4.79 Å². The van der Waals surface area contributed by atoms with Gasteiger partial charge in [0.1, 0.15) is 5.52 Å². The topological polar surface area (TPSA) is 108 Å². The molecular formula is C10H15N7O. The summed E-state index contributed by atoms with van der Waals surface area (Å²) in [6.07, 6.45) is 1.94. The van der Waals surface area contributed by atoms with Crippen LogP contribution in [0.4, 0.5) is 11.8 Å². The molecule has 4 N–H and O–H groups in total. The van der Waals surface area contributed by atoms with Gasteiger partial charge in [0.15, 0.2) is 11.5 Å². The molecule has 2 aromatic rings. The molecule has 0 aromatic carbocycles. The third-order valence-electron chi connectivity index (χ3n) is 2.43. The zero-order valence-electron chi connectivity index (χ0n) is 10.2. The van der Waals surface area contributed by atoms with Gasteiger partial charge in [0.05, 0.1) is 6.33 Å². The maximum absolute atomic E-state index is 11.1. The summed E-state index contributed by atoms with van der Waals surface area (Å²) >= 11 is 0. The van der Waals surface area contributed by atoms with Gasteiger partial charge in [-0.05, 0) is 0 Å². The molecule has 0 aliphatic rings. The number of nitrogens with one attached hydrogen (secondary N) is 4. The van der Waals surface area contributed by atoms with Gasteiger partial charge in [-0.3, -0.25) is 4.79 Å². The Bertz CT molecular complexity index is 550. The van der Waals surface area contributed by atoms with Crippen molar-refractivity contribution in [3.63, 3.8) is 0 Å². The van der Waals surface area contributed by atoms with Crippen molar-refractivity contribution in [1.82, 2.24) is 25.3 Å². The molecule has 18 heavy (non-hydrogen) atoms. The number of hydrogen-bond donors (Lipinski definition) is 4. The van der Waals surface area contributed by atoms with Gasteiger partial charge < -0.3 is 20.9 Å². The molecule has 0 fully saturated rings. The third-order valence-corrected chi connectivity index (χ3v) is 2.43. The fourth-order valence-corrected chi connectivity index (χ4v) is 1.49. The minimum Gasteiger partial charge on any atom is -0.368 e. The SMILES string of the molecule is CNC(=O)CCNc1nc(NC)nc2nc[nH]c12. The highest BCUT2D eigenvalue weighted by Crippen LogP contribution is 2.17. The Balaban J connectivity index is 2.15. The van der Waals surface area contributed by atoms with E-state index in [1.165, 1.54) is 0 Å². The lowest BCUT2D eigenvalue weighted by atomic mass is 10.4. The minimum atomic E-state index is -0.0220. The van der Waals surface area contributed by atoms with Crippen molar-refractivity contribution in [3.05, 3.63) is 6.33 Å². The minimum absolute atomic E-state index is 0.0220. The summed E-state index contributed by atoms with van der Waals surface area (Å²) in [7, 11) is 3.35. The summed E-state index contributed by atoms with van der Waals surface area (Å²) < 4.78 is 0. The first kappa shape index (κ1) is 12.1. The summed E-state index contributed by atoms with van der Waals surface area (Å²) in [5.41, 5.74) is 1.31. The molecule has 0 radical (unpaired) electrons. The number of anilines is 2. The second-order valence-electron chi connectivity index (χ2n) is 3.60. The molecule has 8 nitrogen and oxygen atoms in total. The van der Waals surface area contributed by atoms with Crippen LogP contribution in [0.5, 0.6) is 0 Å². The second-order valence-corrected chi connectivity index (χ2v) is 3.60. The van der Waals surface area contributed by atoms with Gasteiger partial charge in [-0.2, -0.15) is 9.97 Å². The number of H-pyrrole nitrogens is 1. The van der Waals surface area contributed by atoms with E-state index in [-0.39, 0.29) is 5.91 Å². The molecule has 0 bridgehead atoms. The van der Waals surface area contributed by atoms with Crippen molar-refractivity contribution in [1.29, 1.82) is 0 Å². The van der Waals surface area contributed by atoms with Crippen LogP contribution in [0.3, 0.4) is 0 Å². The van der Waals surface area contributed by atoms with E-state index in [2.05, 4.69) is 35.9 Å². The summed E-state index contributed by atoms with van der Waals surface area (Å²) in [5, 5.41) is 8.52. The largest absolute Gasteiger partial charge is 0.368 e. The highest BCUT2D eigenvalue weighted by atomic mass is 16.1. The number of carbonyl (C=O) groups is 1. The molecule has 0 spiro atoms. The lowest BCUT2D eigenvalue weighted by Gasteiger charge is -2.07. The fourth-order valence-electron chi connectivity index (χ4n) is 1.49. The van der Waals surface area contributed by atoms with Gasteiger partial charge in [0.25, 0.3) is 0 Å². The first-order valence-corrected chi connectivity index (χ1v) is 5.58. The Kier molecular flexibility index (Phi) is 3.56. The highest BCUT2D eigenvalue weighted by molar-refractivity contribution is 5.84. The quantitative estimate of drug-likeness (QED) is 0.591. The Morgan fingerprint density at radius 2 is 2.22 bits per heavy atom. The van der Waals surface area contributed by atoms with Crippen LogP contribution in [0.1, 0.15) is 6.42 Å². The Morgan fingerprint density at radius 1 is 1.39 bits per heavy atom. The molecular weight excluding hydrogens is 234 g/mol. The molecule has 0 saturated carbocycles. The molecule has 0 saturated heterocycles. The summed E-state index contributed by atoms with van der Waals surface area (Å²) in [4.78, 5) is 26.6. The average Bonchev–Trinajstić information content (AvgIpc) is 2.86. The number of aromatic amines is 1. The zero-order valence-corrected chi connectivity index (χ0v) is 10.2. The van der Waals surface area contributed by atoms with Crippen molar-refractivity contribution in [3.8, 4) is 0 Å². The van der Waals surface area contributed by atoms with Crippen LogP contribution in [-0.2, 0) is 4.79 Å². The lowest BCUT2D eigenvalue weighted by Crippen LogP contribution is -2.21. The van der Waals surface area contributed by atoms with Crippen LogP contribution in [-0.4, -0.2) is 46.5 Å². The number of fused-ring (bicyclic) bond motifs is 1. The number of amides is 1. The standard InChI is InChI=1S/C10H15N7O/c1-11-6(18)3-4-13-8-7-9(15-5-14-7)17-10(12-2)16-8/h5H,3-4H2,1-2H3,(H,11,18)(H3,12,13,14,15,16,17). The van der Waals surface area contributed by atoms with Crippen molar-refractivity contribution >= 4 is 28.8 Å². The monoisotopic (exact) mass is 249 g/mol. The van der Waals surface area contributed by atoms with E-state index in [1.54, 1.807) is 20.4 Å². The number of rotatable bonds is 5. The Morgan fingerprint density at radius 3 is 2.94 bits per heavy atom. The lowest BCUT2D eigenvalue weighted by molar-refractivity contribution is -0.120. The van der Waals surface area contributed by atoms with Crippen LogP contribution in [0, 0.1) is 0 Å². The van der Waals surface area contributed by atoms with Crippen molar-refractivity contribution in [2.24, 2.45) is 0 Å². The first-order valence-electron chi connectivity index (χ1n) is 5.58. The summed E-state index contributed by atoms with van der Waals surface area (Å²) in [5.74, 6) is 1.09. The van der Waals surface area contributed by atoms with E-state index in [4.69, 9.17) is 0 Å². The van der Waals surface area contributed by atoms with Crippen molar-refractivity contribution in [2.45, 2.75) is 6.42 Å². The number of hydrogen-bond acceptors (Lipinski definition) is 6. The molecule has 0 aliphatic carbocycles. The third kappa shape index (κ3) is 2.47. The molecule has 8 heteroatoms. The Labute approximate surface area is 104 Å². The molecule has 2 aromatic heterocycles. The second kappa shape index (κ2) is 5.30. The van der Waals surface area contributed by atoms with Crippen LogP contribution >= 0.6 is 0 Å². The number of carbonyl (C=O) groups excluding carboxylic acids is 1. The van der Waals surface area contributed by atoms with E-state index in [0.29, 0.717) is 30.4 Å². The van der Waals surface area contributed by atoms with Gasteiger partial charge in [0.2, 0.25) is 11.9 Å². The number of imidazole rings is 1. The maximum atomic E-state index is 11.1. The summed E-state index contributed by atoms with van der Waals surface area (Å²) in [6.45, 7) is 0.494.